The summed E-state index contributed by atoms with van der Waals surface area (Å²) in [6.07, 6.45) is 8.93. The molecule has 48 heavy (non-hydrogen) atoms. The van der Waals surface area contributed by atoms with E-state index < -0.39 is 30.0 Å². The van der Waals surface area contributed by atoms with Crippen LogP contribution in [0, 0.1) is 0 Å². The van der Waals surface area contributed by atoms with Gasteiger partial charge >= 0.3 is 6.09 Å². The predicted molar refractivity (Wildman–Crippen MR) is 173 cm³/mol. The number of hydrogen-bond acceptors (Lipinski definition) is 7. The van der Waals surface area contributed by atoms with E-state index in [1.807, 2.05) is 42.7 Å². The maximum atomic E-state index is 13.6. The third-order valence-corrected chi connectivity index (χ3v) is 9.46. The molecular formula is C33H32ClF2N9O3. The van der Waals surface area contributed by atoms with Crippen molar-refractivity contribution in [3.63, 3.8) is 0 Å². The highest BCUT2D eigenvalue weighted by Crippen LogP contribution is 2.40. The number of alkyl halides is 2. The van der Waals surface area contributed by atoms with Gasteiger partial charge in [-0.1, -0.05) is 24.3 Å². The lowest BCUT2D eigenvalue weighted by Crippen LogP contribution is -2.44. The second kappa shape index (κ2) is 12.3. The summed E-state index contributed by atoms with van der Waals surface area (Å²) in [5.74, 6) is -1.71. The summed E-state index contributed by atoms with van der Waals surface area (Å²) in [4.78, 5) is 49.6. The molecule has 0 spiro atoms. The molecule has 0 saturated carbocycles. The second-order valence-electron chi connectivity index (χ2n) is 12.5. The predicted octanol–water partition coefficient (Wildman–Crippen LogP) is 5.24. The van der Waals surface area contributed by atoms with Crippen LogP contribution in [0.3, 0.4) is 0 Å². The summed E-state index contributed by atoms with van der Waals surface area (Å²) in [6.45, 7) is 0.212. The van der Waals surface area contributed by atoms with Gasteiger partial charge in [0.05, 0.1) is 36.1 Å². The van der Waals surface area contributed by atoms with Crippen molar-refractivity contribution in [3.05, 3.63) is 84.2 Å². The minimum Gasteiger partial charge on any atom is -0.465 e. The first kappa shape index (κ1) is 31.6. The number of halogens is 3. The molecule has 2 aliphatic heterocycles. The fraction of sp³-hybridized carbons (Fsp3) is 0.333. The zero-order chi connectivity index (χ0) is 32.3. The summed E-state index contributed by atoms with van der Waals surface area (Å²) in [5, 5.41) is 14.7. The van der Waals surface area contributed by atoms with Crippen LogP contribution in [0.15, 0.2) is 61.3 Å². The molecule has 8 rings (SSSR count). The van der Waals surface area contributed by atoms with Crippen molar-refractivity contribution in [1.29, 1.82) is 0 Å². The van der Waals surface area contributed by atoms with Crippen molar-refractivity contribution in [3.8, 4) is 33.9 Å². The minimum atomic E-state index is -2.74. The number of Topliss-reactive ketones (excluding diaryl/α,β-unsaturated/α-hetero) is 1. The smallest absolute Gasteiger partial charge is 0.404 e. The van der Waals surface area contributed by atoms with Crippen LogP contribution in [0.5, 0.6) is 0 Å². The molecule has 1 saturated heterocycles. The van der Waals surface area contributed by atoms with Gasteiger partial charge in [-0.15, -0.1) is 12.4 Å². The quantitative estimate of drug-likeness (QED) is 0.163. The summed E-state index contributed by atoms with van der Waals surface area (Å²) < 4.78 is 29.3. The van der Waals surface area contributed by atoms with E-state index in [-0.39, 0.29) is 43.5 Å². The molecule has 4 aromatic heterocycles. The number of amides is 1. The van der Waals surface area contributed by atoms with E-state index >= 15 is 0 Å². The van der Waals surface area contributed by atoms with Gasteiger partial charge in [0.2, 0.25) is 0 Å². The van der Waals surface area contributed by atoms with Crippen LogP contribution in [0.1, 0.15) is 60.0 Å². The molecule has 3 aliphatic rings. The van der Waals surface area contributed by atoms with Gasteiger partial charge in [0.15, 0.2) is 5.82 Å². The van der Waals surface area contributed by atoms with Crippen LogP contribution in [0.25, 0.3) is 33.9 Å². The molecule has 1 aromatic carbocycles. The van der Waals surface area contributed by atoms with Gasteiger partial charge in [-0.3, -0.25) is 4.79 Å². The number of ketones is 1. The van der Waals surface area contributed by atoms with Crippen molar-refractivity contribution < 1.29 is 23.5 Å². The normalized spacial score (nSPS) is 22.8. The highest BCUT2D eigenvalue weighted by molar-refractivity contribution is 5.88. The summed E-state index contributed by atoms with van der Waals surface area (Å²) in [6, 6.07) is 8.77. The molecule has 1 fully saturated rings. The summed E-state index contributed by atoms with van der Waals surface area (Å²) >= 11 is 0. The van der Waals surface area contributed by atoms with Crippen molar-refractivity contribution >= 4 is 24.3 Å². The van der Waals surface area contributed by atoms with Gasteiger partial charge < -0.3 is 30.3 Å². The van der Waals surface area contributed by atoms with E-state index in [2.05, 4.69) is 40.1 Å². The molecule has 15 heteroatoms. The molecule has 0 radical (unpaired) electrons. The number of carboxylic acid groups (broad SMARTS) is 1. The molecule has 248 valence electrons. The number of benzene rings is 1. The van der Waals surface area contributed by atoms with Crippen molar-refractivity contribution in [2.75, 3.05) is 6.54 Å². The first-order valence-electron chi connectivity index (χ1n) is 15.6. The number of carbonyl (C=O) groups excluding carboxylic acids is 1. The number of carbonyl (C=O) groups is 2. The van der Waals surface area contributed by atoms with Gasteiger partial charge in [0.1, 0.15) is 17.4 Å². The van der Waals surface area contributed by atoms with Gasteiger partial charge in [-0.2, -0.15) is 0 Å². The standard InChI is InChI=1S/C33H31F2N9O3.ClH/c34-33(35)10-23(40-16-33)31-39-14-25(42-31)21-11-36-29(37-12-21)19-3-1-17(2-4-19)24-13-38-30(41-24)20-9-26(45)27-22(43-32(46)47)6-5-18-7-8-44(15-20)28(18)27;/h1-4,7-8,11-14,20,22-23,27,40,43H,5-6,9-10,15-16H2,(H,38,41)(H,39,42)(H,46,47);1H/t20-,22-,23-,27?;/m0./s1. The van der Waals surface area contributed by atoms with Crippen LogP contribution >= 0.6 is 12.4 Å². The monoisotopic (exact) mass is 675 g/mol. The average Bonchev–Trinajstić information content (AvgIpc) is 3.86. The topological polar surface area (TPSA) is 166 Å². The van der Waals surface area contributed by atoms with Gasteiger partial charge in [-0.05, 0) is 24.5 Å². The molecule has 1 amide bonds. The minimum absolute atomic E-state index is 0. The molecule has 5 aromatic rings. The number of aryl methyl sites for hydroxylation is 1. The first-order valence-corrected chi connectivity index (χ1v) is 15.6. The Hall–Kier alpha value is -4.95. The molecule has 12 nitrogen and oxygen atoms in total. The van der Waals surface area contributed by atoms with Crippen molar-refractivity contribution in [1.82, 2.24) is 45.1 Å². The lowest BCUT2D eigenvalue weighted by Gasteiger charge is -2.31. The fourth-order valence-corrected chi connectivity index (χ4v) is 7.16. The van der Waals surface area contributed by atoms with Crippen LogP contribution in [0.2, 0.25) is 0 Å². The maximum absolute atomic E-state index is 13.6. The maximum Gasteiger partial charge on any atom is 0.404 e. The number of H-pyrrole nitrogens is 2. The van der Waals surface area contributed by atoms with Gasteiger partial charge in [-0.25, -0.2) is 33.5 Å². The zero-order valence-electron chi connectivity index (χ0n) is 25.5. The van der Waals surface area contributed by atoms with Crippen LogP contribution in [-0.2, 0) is 17.8 Å². The van der Waals surface area contributed by atoms with E-state index in [0.717, 1.165) is 34.5 Å². The first-order chi connectivity index (χ1) is 22.7. The van der Waals surface area contributed by atoms with E-state index in [0.29, 0.717) is 41.7 Å². The number of hydrogen-bond donors (Lipinski definition) is 5. The third kappa shape index (κ3) is 5.85. The number of nitrogens with one attached hydrogen (secondary N) is 4. The number of rotatable bonds is 6. The number of nitrogens with zero attached hydrogens (tertiary/aromatic N) is 5. The SMILES string of the molecule is Cl.O=C(O)N[C@H]1CCc2ccn3c2C1C(=O)C[C@H](c1nc(-c2ccc(-c4ncc(-c5cnc([C@@H]6CC(F)(F)CN6)[nH]5)cn4)cc2)c[nH]1)C3. The highest BCUT2D eigenvalue weighted by Gasteiger charge is 2.42. The molecule has 1 unspecified atom stereocenters. The Morgan fingerprint density at radius 1 is 1.02 bits per heavy atom. The van der Waals surface area contributed by atoms with Crippen LogP contribution in [0.4, 0.5) is 13.6 Å². The highest BCUT2D eigenvalue weighted by atomic mass is 35.5. The van der Waals surface area contributed by atoms with Crippen molar-refractivity contribution in [2.45, 2.75) is 62.1 Å². The summed E-state index contributed by atoms with van der Waals surface area (Å²) in [7, 11) is 0. The average molecular weight is 676 g/mol. The van der Waals surface area contributed by atoms with Gasteiger partial charge in [0, 0.05) is 78.5 Å². The Kier molecular flexibility index (Phi) is 8.08. The van der Waals surface area contributed by atoms with E-state index in [1.54, 1.807) is 18.6 Å². The van der Waals surface area contributed by atoms with Crippen molar-refractivity contribution in [2.24, 2.45) is 0 Å². The summed E-state index contributed by atoms with van der Waals surface area (Å²) in [5.41, 5.74) is 5.80. The molecule has 6 heterocycles. The third-order valence-electron chi connectivity index (χ3n) is 9.46. The molecule has 4 atom stereocenters. The molecule has 5 N–H and O–H groups in total. The lowest BCUT2D eigenvalue weighted by molar-refractivity contribution is -0.121. The largest absolute Gasteiger partial charge is 0.465 e. The van der Waals surface area contributed by atoms with E-state index in [1.165, 1.54) is 0 Å². The zero-order valence-corrected chi connectivity index (χ0v) is 26.3. The molecule has 1 aliphatic carbocycles. The Balaban J connectivity index is 0.00000364. The number of aromatic nitrogens is 7. The fourth-order valence-electron chi connectivity index (χ4n) is 7.16. The Morgan fingerprint density at radius 2 is 1.79 bits per heavy atom. The molecule has 0 bridgehead atoms. The van der Waals surface area contributed by atoms with Crippen LogP contribution in [-0.4, -0.2) is 70.0 Å². The Morgan fingerprint density at radius 3 is 2.52 bits per heavy atom. The lowest BCUT2D eigenvalue weighted by atomic mass is 9.79. The Bertz CT molecular complexity index is 1970. The van der Waals surface area contributed by atoms with Gasteiger partial charge in [0.25, 0.3) is 5.92 Å². The number of imidazole rings is 2. The second-order valence-corrected chi connectivity index (χ2v) is 12.5. The molecular weight excluding hydrogens is 644 g/mol. The van der Waals surface area contributed by atoms with E-state index in [9.17, 15) is 23.5 Å². The number of aromatic amines is 2. The van der Waals surface area contributed by atoms with E-state index in [4.69, 9.17) is 4.98 Å². The Labute approximate surface area is 279 Å². The van der Waals surface area contributed by atoms with Crippen LogP contribution < -0.4 is 10.6 Å².